The Morgan fingerprint density at radius 1 is 1.24 bits per heavy atom. The van der Waals surface area contributed by atoms with E-state index < -0.39 is 0 Å². The molecule has 0 aliphatic carbocycles. The summed E-state index contributed by atoms with van der Waals surface area (Å²) in [4.78, 5) is 17.0. The Hall–Kier alpha value is -2.86. The monoisotopic (exact) mass is 393 g/mol. The van der Waals surface area contributed by atoms with Crippen molar-refractivity contribution in [1.29, 1.82) is 0 Å². The van der Waals surface area contributed by atoms with Gasteiger partial charge < -0.3 is 19.4 Å². The van der Waals surface area contributed by atoms with Gasteiger partial charge in [0.15, 0.2) is 0 Å². The molecule has 1 fully saturated rings. The van der Waals surface area contributed by atoms with Gasteiger partial charge in [0.1, 0.15) is 18.2 Å². The highest BCUT2D eigenvalue weighted by atomic mass is 16.5. The Morgan fingerprint density at radius 2 is 2.07 bits per heavy atom. The smallest absolute Gasteiger partial charge is 0.251 e. The molecule has 0 spiro atoms. The minimum atomic E-state index is -0.0668. The Balaban J connectivity index is 1.23. The van der Waals surface area contributed by atoms with Crippen LogP contribution in [0.3, 0.4) is 0 Å². The van der Waals surface area contributed by atoms with Crippen LogP contribution in [0.4, 0.5) is 0 Å². The number of hydrogen-bond acceptors (Lipinski definition) is 4. The van der Waals surface area contributed by atoms with Crippen molar-refractivity contribution in [3.8, 4) is 5.75 Å². The summed E-state index contributed by atoms with van der Waals surface area (Å²) in [5.41, 5.74) is 2.78. The standard InChI is InChI=1S/C23H27N3O3/c1-17-25-21-7-2-3-8-22(21)26(17)14-5-13-24-23(27)18-9-11-19(12-10-18)29-16-20-6-4-15-28-20/h2-3,7-12,20H,4-6,13-16H2,1H3,(H,24,27). The second-order valence-electron chi connectivity index (χ2n) is 7.38. The molecule has 1 aromatic heterocycles. The number of amides is 1. The molecule has 0 radical (unpaired) electrons. The van der Waals surface area contributed by atoms with Crippen molar-refractivity contribution in [3.63, 3.8) is 0 Å². The van der Waals surface area contributed by atoms with Crippen LogP contribution in [0, 0.1) is 6.92 Å². The largest absolute Gasteiger partial charge is 0.491 e. The molecule has 1 atom stereocenters. The number of para-hydroxylation sites is 2. The first-order valence-corrected chi connectivity index (χ1v) is 10.3. The average Bonchev–Trinajstić information content (AvgIpc) is 3.37. The molecule has 1 N–H and O–H groups in total. The number of aryl methyl sites for hydroxylation is 2. The highest BCUT2D eigenvalue weighted by molar-refractivity contribution is 5.94. The number of rotatable bonds is 8. The maximum absolute atomic E-state index is 12.4. The lowest BCUT2D eigenvalue weighted by Gasteiger charge is -2.12. The average molecular weight is 393 g/mol. The van der Waals surface area contributed by atoms with Crippen LogP contribution in [0.2, 0.25) is 0 Å². The number of nitrogens with one attached hydrogen (secondary N) is 1. The van der Waals surface area contributed by atoms with E-state index in [1.54, 1.807) is 12.1 Å². The molecule has 4 rings (SSSR count). The second-order valence-corrected chi connectivity index (χ2v) is 7.38. The zero-order valence-corrected chi connectivity index (χ0v) is 16.8. The van der Waals surface area contributed by atoms with Gasteiger partial charge in [-0.1, -0.05) is 12.1 Å². The first-order valence-electron chi connectivity index (χ1n) is 10.3. The SMILES string of the molecule is Cc1nc2ccccc2n1CCCNC(=O)c1ccc(OCC2CCCO2)cc1. The zero-order valence-electron chi connectivity index (χ0n) is 16.8. The molecule has 1 unspecified atom stereocenters. The number of carbonyl (C=O) groups excluding carboxylic acids is 1. The van der Waals surface area contributed by atoms with Crippen molar-refractivity contribution in [1.82, 2.24) is 14.9 Å². The fraction of sp³-hybridized carbons (Fsp3) is 0.391. The number of imidazole rings is 1. The fourth-order valence-corrected chi connectivity index (χ4v) is 3.69. The molecule has 29 heavy (non-hydrogen) atoms. The predicted octanol–water partition coefficient (Wildman–Crippen LogP) is 3.72. The first kappa shape index (κ1) is 19.5. The maximum atomic E-state index is 12.4. The van der Waals surface area contributed by atoms with E-state index in [1.165, 1.54) is 0 Å². The second kappa shape index (κ2) is 9.09. The highest BCUT2D eigenvalue weighted by Gasteiger charge is 2.16. The third kappa shape index (κ3) is 4.77. The van der Waals surface area contributed by atoms with Gasteiger partial charge in [-0.15, -0.1) is 0 Å². The number of fused-ring (bicyclic) bond motifs is 1. The van der Waals surface area contributed by atoms with Gasteiger partial charge in [-0.25, -0.2) is 4.98 Å². The lowest BCUT2D eigenvalue weighted by Crippen LogP contribution is -2.25. The van der Waals surface area contributed by atoms with E-state index in [0.717, 1.165) is 55.0 Å². The first-order chi connectivity index (χ1) is 14.2. The van der Waals surface area contributed by atoms with Crippen molar-refractivity contribution in [2.24, 2.45) is 0 Å². The van der Waals surface area contributed by atoms with E-state index in [0.29, 0.717) is 18.7 Å². The van der Waals surface area contributed by atoms with Crippen LogP contribution in [0.5, 0.6) is 5.75 Å². The van der Waals surface area contributed by atoms with Gasteiger partial charge in [0, 0.05) is 25.3 Å². The van der Waals surface area contributed by atoms with Crippen LogP contribution in [0.15, 0.2) is 48.5 Å². The number of benzene rings is 2. The van der Waals surface area contributed by atoms with Gasteiger partial charge in [0.2, 0.25) is 0 Å². The van der Waals surface area contributed by atoms with Crippen LogP contribution < -0.4 is 10.1 Å². The summed E-state index contributed by atoms with van der Waals surface area (Å²) < 4.78 is 13.5. The molecule has 0 saturated carbocycles. The number of hydrogen-bond donors (Lipinski definition) is 1. The van der Waals surface area contributed by atoms with Crippen LogP contribution in [0.25, 0.3) is 11.0 Å². The van der Waals surface area contributed by atoms with Crippen molar-refractivity contribution < 1.29 is 14.3 Å². The molecule has 1 amide bonds. The Labute approximate surface area is 170 Å². The maximum Gasteiger partial charge on any atom is 0.251 e. The molecule has 1 aliphatic rings. The van der Waals surface area contributed by atoms with Gasteiger partial charge in [-0.05, 0) is 62.6 Å². The van der Waals surface area contributed by atoms with Gasteiger partial charge in [0.25, 0.3) is 5.91 Å². The summed E-state index contributed by atoms with van der Waals surface area (Å²) in [7, 11) is 0. The molecule has 2 aromatic carbocycles. The number of aromatic nitrogens is 2. The molecule has 152 valence electrons. The van der Waals surface area contributed by atoms with Crippen LogP contribution >= 0.6 is 0 Å². The molecule has 1 aliphatic heterocycles. The molecule has 0 bridgehead atoms. The van der Waals surface area contributed by atoms with E-state index in [9.17, 15) is 4.79 Å². The minimum Gasteiger partial charge on any atom is -0.491 e. The van der Waals surface area contributed by atoms with Gasteiger partial charge >= 0.3 is 0 Å². The van der Waals surface area contributed by atoms with E-state index in [4.69, 9.17) is 9.47 Å². The van der Waals surface area contributed by atoms with Crippen molar-refractivity contribution in [2.45, 2.75) is 38.8 Å². The van der Waals surface area contributed by atoms with Crippen LogP contribution in [0.1, 0.15) is 35.4 Å². The molecular formula is C23H27N3O3. The molecular weight excluding hydrogens is 366 g/mol. The third-order valence-corrected chi connectivity index (χ3v) is 5.27. The Kier molecular flexibility index (Phi) is 6.10. The molecule has 3 aromatic rings. The van der Waals surface area contributed by atoms with Crippen molar-refractivity contribution in [3.05, 3.63) is 59.9 Å². The third-order valence-electron chi connectivity index (χ3n) is 5.27. The van der Waals surface area contributed by atoms with Gasteiger partial charge in [0.05, 0.1) is 17.1 Å². The van der Waals surface area contributed by atoms with Crippen molar-refractivity contribution >= 4 is 16.9 Å². The topological polar surface area (TPSA) is 65.4 Å². The minimum absolute atomic E-state index is 0.0668. The fourth-order valence-electron chi connectivity index (χ4n) is 3.69. The summed E-state index contributed by atoms with van der Waals surface area (Å²) in [6, 6.07) is 15.4. The van der Waals surface area contributed by atoms with E-state index in [-0.39, 0.29) is 12.0 Å². The lowest BCUT2D eigenvalue weighted by atomic mass is 10.2. The zero-order chi connectivity index (χ0) is 20.1. The normalized spacial score (nSPS) is 16.2. The Morgan fingerprint density at radius 3 is 2.86 bits per heavy atom. The lowest BCUT2D eigenvalue weighted by molar-refractivity contribution is 0.0679. The quantitative estimate of drug-likeness (QED) is 0.593. The number of nitrogens with zero attached hydrogens (tertiary/aromatic N) is 2. The van der Waals surface area contributed by atoms with E-state index >= 15 is 0 Å². The molecule has 6 nitrogen and oxygen atoms in total. The predicted molar refractivity (Wildman–Crippen MR) is 112 cm³/mol. The Bertz CT molecular complexity index is 959. The molecule has 2 heterocycles. The van der Waals surface area contributed by atoms with Crippen LogP contribution in [-0.4, -0.2) is 41.3 Å². The van der Waals surface area contributed by atoms with E-state index in [2.05, 4.69) is 20.9 Å². The summed E-state index contributed by atoms with van der Waals surface area (Å²) in [5.74, 6) is 1.69. The molecule has 6 heteroatoms. The summed E-state index contributed by atoms with van der Waals surface area (Å²) in [6.45, 7) is 4.84. The number of carbonyl (C=O) groups is 1. The highest BCUT2D eigenvalue weighted by Crippen LogP contribution is 2.17. The summed E-state index contributed by atoms with van der Waals surface area (Å²) in [5, 5.41) is 2.99. The van der Waals surface area contributed by atoms with Crippen molar-refractivity contribution in [2.75, 3.05) is 19.8 Å². The summed E-state index contributed by atoms with van der Waals surface area (Å²) in [6.07, 6.45) is 3.18. The van der Waals surface area contributed by atoms with Crippen LogP contribution in [-0.2, 0) is 11.3 Å². The van der Waals surface area contributed by atoms with Gasteiger partial charge in [-0.2, -0.15) is 0 Å². The van der Waals surface area contributed by atoms with E-state index in [1.807, 2.05) is 37.3 Å². The molecule has 1 saturated heterocycles. The number of ether oxygens (including phenoxy) is 2. The summed E-state index contributed by atoms with van der Waals surface area (Å²) >= 11 is 0. The van der Waals surface area contributed by atoms with Gasteiger partial charge in [-0.3, -0.25) is 4.79 Å².